The lowest BCUT2D eigenvalue weighted by atomic mass is 10.1. The molecule has 23 heavy (non-hydrogen) atoms. The maximum absolute atomic E-state index is 11.9. The third-order valence-electron chi connectivity index (χ3n) is 4.23. The lowest BCUT2D eigenvalue weighted by Crippen LogP contribution is -2.46. The average Bonchev–Trinajstić information content (AvgIpc) is 3.00. The van der Waals surface area contributed by atoms with Crippen molar-refractivity contribution in [2.24, 2.45) is 0 Å². The van der Waals surface area contributed by atoms with Crippen LogP contribution in [0.15, 0.2) is 24.3 Å². The largest absolute Gasteiger partial charge is 0.484 e. The predicted octanol–water partition coefficient (Wildman–Crippen LogP) is 1.06. The fourth-order valence-corrected chi connectivity index (χ4v) is 3.06. The molecule has 2 heterocycles. The zero-order valence-electron chi connectivity index (χ0n) is 13.2. The predicted molar refractivity (Wildman–Crippen MR) is 87.6 cm³/mol. The molecule has 0 bridgehead atoms. The molecule has 1 atom stereocenters. The first-order chi connectivity index (χ1) is 11.2. The first-order valence-corrected chi connectivity index (χ1v) is 8.26. The van der Waals surface area contributed by atoms with Gasteiger partial charge in [-0.3, -0.25) is 9.59 Å². The maximum Gasteiger partial charge on any atom is 0.258 e. The Morgan fingerprint density at radius 3 is 3.04 bits per heavy atom. The number of hydrogen-bond acceptors (Lipinski definition) is 4. The number of ether oxygens (including phenoxy) is 1. The van der Waals surface area contributed by atoms with E-state index >= 15 is 0 Å². The molecule has 0 radical (unpaired) electrons. The highest BCUT2D eigenvalue weighted by Crippen LogP contribution is 2.25. The van der Waals surface area contributed by atoms with E-state index in [-0.39, 0.29) is 24.5 Å². The van der Waals surface area contributed by atoms with Gasteiger partial charge in [-0.1, -0.05) is 6.07 Å². The van der Waals surface area contributed by atoms with Gasteiger partial charge in [0.15, 0.2) is 6.61 Å². The number of carbonyl (C=O) groups excluding carboxylic acids is 2. The van der Waals surface area contributed by atoms with Gasteiger partial charge in [0.25, 0.3) is 5.91 Å². The van der Waals surface area contributed by atoms with E-state index in [0.29, 0.717) is 12.2 Å². The van der Waals surface area contributed by atoms with Gasteiger partial charge in [-0.05, 0) is 37.9 Å². The van der Waals surface area contributed by atoms with E-state index in [9.17, 15) is 9.59 Å². The van der Waals surface area contributed by atoms with Crippen molar-refractivity contribution in [2.75, 3.05) is 31.1 Å². The summed E-state index contributed by atoms with van der Waals surface area (Å²) in [4.78, 5) is 25.5. The Bertz CT molecular complexity index is 570. The summed E-state index contributed by atoms with van der Waals surface area (Å²) < 4.78 is 5.57. The molecule has 2 N–H and O–H groups in total. The maximum atomic E-state index is 11.9. The van der Waals surface area contributed by atoms with E-state index < -0.39 is 0 Å². The van der Waals surface area contributed by atoms with Gasteiger partial charge >= 0.3 is 0 Å². The van der Waals surface area contributed by atoms with Gasteiger partial charge in [-0.15, -0.1) is 0 Å². The Hall–Kier alpha value is -2.08. The Morgan fingerprint density at radius 2 is 2.30 bits per heavy atom. The minimum atomic E-state index is -0.110. The summed E-state index contributed by atoms with van der Waals surface area (Å²) in [6, 6.07) is 7.55. The van der Waals surface area contributed by atoms with E-state index in [1.165, 1.54) is 0 Å². The SMILES string of the molecule is O=C(COc1cccc(N2CCCC2=O)c1)NC1CCCNC1. The molecule has 6 heteroatoms. The topological polar surface area (TPSA) is 70.7 Å². The molecular formula is C17H23N3O3. The second-order valence-corrected chi connectivity index (χ2v) is 6.05. The van der Waals surface area contributed by atoms with Crippen LogP contribution < -0.4 is 20.3 Å². The van der Waals surface area contributed by atoms with Gasteiger partial charge in [0.1, 0.15) is 5.75 Å². The number of benzene rings is 1. The Labute approximate surface area is 136 Å². The molecule has 2 fully saturated rings. The van der Waals surface area contributed by atoms with Crippen LogP contribution in [-0.2, 0) is 9.59 Å². The lowest BCUT2D eigenvalue weighted by molar-refractivity contribution is -0.124. The second kappa shape index (κ2) is 7.46. The van der Waals surface area contributed by atoms with E-state index in [1.807, 2.05) is 18.2 Å². The third-order valence-corrected chi connectivity index (χ3v) is 4.23. The number of nitrogens with zero attached hydrogens (tertiary/aromatic N) is 1. The van der Waals surface area contributed by atoms with Crippen LogP contribution in [0.25, 0.3) is 0 Å². The van der Waals surface area contributed by atoms with Gasteiger partial charge in [-0.25, -0.2) is 0 Å². The highest BCUT2D eigenvalue weighted by atomic mass is 16.5. The number of piperidine rings is 1. The normalized spacial score (nSPS) is 21.3. The molecular weight excluding hydrogens is 294 g/mol. The van der Waals surface area contributed by atoms with Gasteiger partial charge < -0.3 is 20.3 Å². The highest BCUT2D eigenvalue weighted by molar-refractivity contribution is 5.95. The van der Waals surface area contributed by atoms with Gasteiger partial charge in [0.05, 0.1) is 0 Å². The Balaban J connectivity index is 1.51. The Kier molecular flexibility index (Phi) is 5.12. The number of carbonyl (C=O) groups is 2. The van der Waals surface area contributed by atoms with Crippen molar-refractivity contribution in [3.8, 4) is 5.75 Å². The van der Waals surface area contributed by atoms with Crippen molar-refractivity contribution in [3.63, 3.8) is 0 Å². The van der Waals surface area contributed by atoms with Crippen molar-refractivity contribution in [1.29, 1.82) is 0 Å². The summed E-state index contributed by atoms with van der Waals surface area (Å²) in [6.45, 7) is 2.58. The van der Waals surface area contributed by atoms with Gasteiger partial charge in [-0.2, -0.15) is 0 Å². The number of anilines is 1. The lowest BCUT2D eigenvalue weighted by Gasteiger charge is -2.23. The summed E-state index contributed by atoms with van der Waals surface area (Å²) in [7, 11) is 0. The number of hydrogen-bond donors (Lipinski definition) is 2. The summed E-state index contributed by atoms with van der Waals surface area (Å²) in [5.41, 5.74) is 0.835. The molecule has 124 valence electrons. The minimum Gasteiger partial charge on any atom is -0.484 e. The monoisotopic (exact) mass is 317 g/mol. The molecule has 0 aliphatic carbocycles. The first kappa shape index (κ1) is 15.8. The molecule has 1 aromatic carbocycles. The van der Waals surface area contributed by atoms with Crippen LogP contribution in [0.1, 0.15) is 25.7 Å². The van der Waals surface area contributed by atoms with Crippen LogP contribution in [0.3, 0.4) is 0 Å². The Morgan fingerprint density at radius 1 is 1.39 bits per heavy atom. The number of rotatable bonds is 5. The summed E-state index contributed by atoms with van der Waals surface area (Å²) in [5, 5.41) is 6.24. The highest BCUT2D eigenvalue weighted by Gasteiger charge is 2.22. The summed E-state index contributed by atoms with van der Waals surface area (Å²) >= 11 is 0. The zero-order valence-corrected chi connectivity index (χ0v) is 13.2. The van der Waals surface area contributed by atoms with E-state index in [0.717, 1.165) is 44.6 Å². The van der Waals surface area contributed by atoms with Crippen LogP contribution in [0.4, 0.5) is 5.69 Å². The molecule has 0 saturated carbocycles. The van der Waals surface area contributed by atoms with Crippen molar-refractivity contribution in [3.05, 3.63) is 24.3 Å². The summed E-state index contributed by atoms with van der Waals surface area (Å²) in [6.07, 6.45) is 3.58. The molecule has 0 spiro atoms. The molecule has 2 saturated heterocycles. The van der Waals surface area contributed by atoms with Crippen LogP contribution in [0.2, 0.25) is 0 Å². The minimum absolute atomic E-state index is 0.00605. The second-order valence-electron chi connectivity index (χ2n) is 6.05. The van der Waals surface area contributed by atoms with Crippen molar-refractivity contribution < 1.29 is 14.3 Å². The average molecular weight is 317 g/mol. The molecule has 1 unspecified atom stereocenters. The van der Waals surface area contributed by atoms with E-state index in [4.69, 9.17) is 4.74 Å². The molecule has 6 nitrogen and oxygen atoms in total. The third kappa shape index (κ3) is 4.22. The molecule has 2 aliphatic rings. The smallest absolute Gasteiger partial charge is 0.258 e. The van der Waals surface area contributed by atoms with Crippen LogP contribution >= 0.6 is 0 Å². The zero-order chi connectivity index (χ0) is 16.1. The number of amides is 2. The molecule has 1 aromatic rings. The van der Waals surface area contributed by atoms with Crippen molar-refractivity contribution in [2.45, 2.75) is 31.7 Å². The molecule has 3 rings (SSSR count). The van der Waals surface area contributed by atoms with Gasteiger partial charge in [0.2, 0.25) is 5.91 Å². The number of nitrogens with one attached hydrogen (secondary N) is 2. The van der Waals surface area contributed by atoms with Crippen LogP contribution in [0.5, 0.6) is 5.75 Å². The molecule has 0 aromatic heterocycles. The van der Waals surface area contributed by atoms with Crippen LogP contribution in [0, 0.1) is 0 Å². The van der Waals surface area contributed by atoms with Crippen molar-refractivity contribution in [1.82, 2.24) is 10.6 Å². The first-order valence-electron chi connectivity index (χ1n) is 8.26. The fraction of sp³-hybridized carbons (Fsp3) is 0.529. The van der Waals surface area contributed by atoms with Crippen molar-refractivity contribution >= 4 is 17.5 Å². The molecule has 2 amide bonds. The van der Waals surface area contributed by atoms with E-state index in [1.54, 1.807) is 11.0 Å². The quantitative estimate of drug-likeness (QED) is 0.852. The van der Waals surface area contributed by atoms with Gasteiger partial charge in [0, 0.05) is 37.3 Å². The van der Waals surface area contributed by atoms with Crippen LogP contribution in [-0.4, -0.2) is 44.1 Å². The molecule has 2 aliphatic heterocycles. The standard InChI is InChI=1S/C17H23N3O3/c21-16(19-13-4-2-8-18-11-13)12-23-15-6-1-5-14(10-15)20-9-3-7-17(20)22/h1,5-6,10,13,18H,2-4,7-9,11-12H2,(H,19,21). The fourth-order valence-electron chi connectivity index (χ4n) is 3.06. The van der Waals surface area contributed by atoms with E-state index in [2.05, 4.69) is 10.6 Å². The summed E-state index contributed by atoms with van der Waals surface area (Å²) in [5.74, 6) is 0.644.